The standard InChI is InChI=1S/C19H17NO6/c1-11(2)26-13-5-6-14-18(9-13)25-10-15(19(14)21)12-4-7-17(24-3)16(8-12)20(22)23/h4-11H,1-3H3. The highest BCUT2D eigenvalue weighted by atomic mass is 16.6. The molecule has 3 aromatic rings. The molecule has 0 N–H and O–H groups in total. The van der Waals surface area contributed by atoms with Crippen LogP contribution in [0.4, 0.5) is 5.69 Å². The van der Waals surface area contributed by atoms with Gasteiger partial charge in [0.1, 0.15) is 17.6 Å². The lowest BCUT2D eigenvalue weighted by atomic mass is 10.0. The summed E-state index contributed by atoms with van der Waals surface area (Å²) >= 11 is 0. The second-order valence-corrected chi connectivity index (χ2v) is 5.95. The molecule has 0 amide bonds. The molecular weight excluding hydrogens is 338 g/mol. The van der Waals surface area contributed by atoms with Crippen LogP contribution in [-0.4, -0.2) is 18.1 Å². The highest BCUT2D eigenvalue weighted by molar-refractivity contribution is 5.83. The fraction of sp³-hybridized carbons (Fsp3) is 0.211. The Kier molecular flexibility index (Phi) is 4.62. The van der Waals surface area contributed by atoms with Crippen molar-refractivity contribution >= 4 is 16.7 Å². The van der Waals surface area contributed by atoms with Crippen molar-refractivity contribution in [1.29, 1.82) is 0 Å². The minimum Gasteiger partial charge on any atom is -0.491 e. The zero-order valence-electron chi connectivity index (χ0n) is 14.5. The topological polar surface area (TPSA) is 91.8 Å². The fourth-order valence-electron chi connectivity index (χ4n) is 2.65. The van der Waals surface area contributed by atoms with E-state index in [1.807, 2.05) is 13.8 Å². The molecule has 0 saturated heterocycles. The minimum absolute atomic E-state index is 0.00158. The first-order chi connectivity index (χ1) is 12.4. The Hall–Kier alpha value is -3.35. The van der Waals surface area contributed by atoms with Gasteiger partial charge in [0.2, 0.25) is 0 Å². The number of nitro groups is 1. The third-order valence-electron chi connectivity index (χ3n) is 3.80. The lowest BCUT2D eigenvalue weighted by molar-refractivity contribution is -0.385. The predicted octanol–water partition coefficient (Wildman–Crippen LogP) is 4.16. The first-order valence-electron chi connectivity index (χ1n) is 7.95. The number of hydrogen-bond acceptors (Lipinski definition) is 6. The molecule has 0 unspecified atom stereocenters. The van der Waals surface area contributed by atoms with E-state index in [0.717, 1.165) is 0 Å². The molecule has 0 radical (unpaired) electrons. The second kappa shape index (κ2) is 6.87. The van der Waals surface area contributed by atoms with Crippen molar-refractivity contribution in [3.8, 4) is 22.6 Å². The van der Waals surface area contributed by atoms with Gasteiger partial charge in [0.25, 0.3) is 0 Å². The van der Waals surface area contributed by atoms with Gasteiger partial charge in [-0.05, 0) is 43.7 Å². The predicted molar refractivity (Wildman–Crippen MR) is 96.9 cm³/mol. The first kappa shape index (κ1) is 17.5. The third kappa shape index (κ3) is 3.23. The summed E-state index contributed by atoms with van der Waals surface area (Å²) in [6.07, 6.45) is 1.30. The van der Waals surface area contributed by atoms with Crippen molar-refractivity contribution in [3.05, 3.63) is 63.0 Å². The quantitative estimate of drug-likeness (QED) is 0.504. The number of nitrogens with zero attached hydrogens (tertiary/aromatic N) is 1. The summed E-state index contributed by atoms with van der Waals surface area (Å²) in [5.41, 5.74) is 0.517. The maximum atomic E-state index is 12.8. The Morgan fingerprint density at radius 1 is 1.15 bits per heavy atom. The fourth-order valence-corrected chi connectivity index (χ4v) is 2.65. The summed E-state index contributed by atoms with van der Waals surface area (Å²) in [5.74, 6) is 0.725. The van der Waals surface area contributed by atoms with Crippen LogP contribution in [0, 0.1) is 10.1 Å². The van der Waals surface area contributed by atoms with Gasteiger partial charge in [0, 0.05) is 12.1 Å². The molecule has 7 nitrogen and oxygen atoms in total. The van der Waals surface area contributed by atoms with Crippen LogP contribution in [0.5, 0.6) is 11.5 Å². The molecule has 0 aliphatic heterocycles. The highest BCUT2D eigenvalue weighted by Crippen LogP contribution is 2.32. The van der Waals surface area contributed by atoms with Gasteiger partial charge in [-0.3, -0.25) is 14.9 Å². The molecule has 7 heteroatoms. The zero-order valence-corrected chi connectivity index (χ0v) is 14.5. The Balaban J connectivity index is 2.12. The van der Waals surface area contributed by atoms with Crippen molar-refractivity contribution in [2.75, 3.05) is 7.11 Å². The Morgan fingerprint density at radius 3 is 2.58 bits per heavy atom. The van der Waals surface area contributed by atoms with Crippen LogP contribution in [0.25, 0.3) is 22.1 Å². The molecule has 134 valence electrons. The van der Waals surface area contributed by atoms with Crippen molar-refractivity contribution in [3.63, 3.8) is 0 Å². The Labute approximate surface area is 148 Å². The van der Waals surface area contributed by atoms with Crippen molar-refractivity contribution in [2.45, 2.75) is 20.0 Å². The van der Waals surface area contributed by atoms with Gasteiger partial charge >= 0.3 is 5.69 Å². The van der Waals surface area contributed by atoms with Crippen LogP contribution in [0.3, 0.4) is 0 Å². The number of fused-ring (bicyclic) bond motifs is 1. The number of benzene rings is 2. The lowest BCUT2D eigenvalue weighted by Gasteiger charge is -2.10. The van der Waals surface area contributed by atoms with E-state index < -0.39 is 4.92 Å². The number of rotatable bonds is 5. The molecule has 3 rings (SSSR count). The summed E-state index contributed by atoms with van der Waals surface area (Å²) in [5, 5.41) is 11.6. The summed E-state index contributed by atoms with van der Waals surface area (Å²) in [6, 6.07) is 9.31. The molecule has 0 atom stereocenters. The Bertz CT molecular complexity index is 1040. The summed E-state index contributed by atoms with van der Waals surface area (Å²) in [7, 11) is 1.35. The molecule has 0 aliphatic carbocycles. The number of ether oxygens (including phenoxy) is 2. The van der Waals surface area contributed by atoms with E-state index in [4.69, 9.17) is 13.9 Å². The van der Waals surface area contributed by atoms with Gasteiger partial charge in [-0.25, -0.2) is 0 Å². The zero-order chi connectivity index (χ0) is 18.8. The van der Waals surface area contributed by atoms with Crippen LogP contribution in [-0.2, 0) is 0 Å². The van der Waals surface area contributed by atoms with E-state index in [1.165, 1.54) is 25.5 Å². The molecule has 0 aliphatic rings. The van der Waals surface area contributed by atoms with Crippen molar-refractivity contribution < 1.29 is 18.8 Å². The normalized spacial score (nSPS) is 10.9. The van der Waals surface area contributed by atoms with E-state index in [2.05, 4.69) is 0 Å². The molecule has 0 bridgehead atoms. The maximum Gasteiger partial charge on any atom is 0.311 e. The third-order valence-corrected chi connectivity index (χ3v) is 3.80. The van der Waals surface area contributed by atoms with Gasteiger partial charge in [0.05, 0.1) is 29.1 Å². The first-order valence-corrected chi connectivity index (χ1v) is 7.95. The summed E-state index contributed by atoms with van der Waals surface area (Å²) in [4.78, 5) is 23.4. The molecule has 0 saturated carbocycles. The largest absolute Gasteiger partial charge is 0.491 e. The number of nitro benzene ring substituents is 1. The van der Waals surface area contributed by atoms with Crippen molar-refractivity contribution in [2.24, 2.45) is 0 Å². The van der Waals surface area contributed by atoms with Crippen LogP contribution in [0.15, 0.2) is 51.9 Å². The maximum absolute atomic E-state index is 12.8. The summed E-state index contributed by atoms with van der Waals surface area (Å²) < 4.78 is 16.2. The van der Waals surface area contributed by atoms with E-state index in [1.54, 1.807) is 24.3 Å². The van der Waals surface area contributed by atoms with Crippen LogP contribution >= 0.6 is 0 Å². The average molecular weight is 355 g/mol. The minimum atomic E-state index is -0.555. The van der Waals surface area contributed by atoms with Crippen LogP contribution in [0.1, 0.15) is 13.8 Å². The molecule has 1 heterocycles. The molecule has 2 aromatic carbocycles. The molecule has 1 aromatic heterocycles. The van der Waals surface area contributed by atoms with Gasteiger partial charge in [-0.1, -0.05) is 0 Å². The second-order valence-electron chi connectivity index (χ2n) is 5.95. The number of hydrogen-bond donors (Lipinski definition) is 0. The smallest absolute Gasteiger partial charge is 0.311 e. The van der Waals surface area contributed by atoms with Crippen LogP contribution in [0.2, 0.25) is 0 Å². The highest BCUT2D eigenvalue weighted by Gasteiger charge is 2.18. The van der Waals surface area contributed by atoms with Gasteiger partial charge in [-0.2, -0.15) is 0 Å². The summed E-state index contributed by atoms with van der Waals surface area (Å²) in [6.45, 7) is 3.81. The van der Waals surface area contributed by atoms with E-state index >= 15 is 0 Å². The molecular formula is C19H17NO6. The van der Waals surface area contributed by atoms with E-state index in [-0.39, 0.29) is 28.5 Å². The van der Waals surface area contributed by atoms with E-state index in [0.29, 0.717) is 22.3 Å². The van der Waals surface area contributed by atoms with Crippen LogP contribution < -0.4 is 14.9 Å². The average Bonchev–Trinajstić information content (AvgIpc) is 2.61. The lowest BCUT2D eigenvalue weighted by Crippen LogP contribution is -2.07. The number of methoxy groups -OCH3 is 1. The Morgan fingerprint density at radius 2 is 1.92 bits per heavy atom. The van der Waals surface area contributed by atoms with Gasteiger partial charge in [-0.15, -0.1) is 0 Å². The molecule has 26 heavy (non-hydrogen) atoms. The van der Waals surface area contributed by atoms with Gasteiger partial charge < -0.3 is 13.9 Å². The van der Waals surface area contributed by atoms with Crippen molar-refractivity contribution in [1.82, 2.24) is 0 Å². The molecule has 0 fully saturated rings. The van der Waals surface area contributed by atoms with Gasteiger partial charge in [0.15, 0.2) is 11.2 Å². The molecule has 0 spiro atoms. The monoisotopic (exact) mass is 355 g/mol. The SMILES string of the molecule is COc1ccc(-c2coc3cc(OC(C)C)ccc3c2=O)cc1[N+](=O)[O-]. The van der Waals surface area contributed by atoms with E-state index in [9.17, 15) is 14.9 Å².